The van der Waals surface area contributed by atoms with Crippen LogP contribution in [0.25, 0.3) is 0 Å². The maximum absolute atomic E-state index is 14.3. The number of pyridine rings is 1. The smallest absolute Gasteiger partial charge is 0.302 e. The van der Waals surface area contributed by atoms with E-state index in [2.05, 4.69) is 18.5 Å². The number of carbonyl (C=O) groups excluding carboxylic acids is 3. The molecule has 2 amide bonds. The molecule has 1 aromatic heterocycles. The third-order valence-electron chi connectivity index (χ3n) is 7.13. The van der Waals surface area contributed by atoms with Gasteiger partial charge >= 0.3 is 5.97 Å². The lowest BCUT2D eigenvalue weighted by atomic mass is 10.1. The van der Waals surface area contributed by atoms with Gasteiger partial charge in [-0.25, -0.2) is 13.2 Å². The van der Waals surface area contributed by atoms with Gasteiger partial charge in [0.25, 0.3) is 11.8 Å². The number of rotatable bonds is 12. The Balaban J connectivity index is 1.85. The van der Waals surface area contributed by atoms with Gasteiger partial charge in [0.05, 0.1) is 6.04 Å². The zero-order valence-corrected chi connectivity index (χ0v) is 24.6. The largest absolute Gasteiger partial charge is 0.482 e. The number of carbonyl (C=O) groups is 3. The number of esters is 1. The lowest BCUT2D eigenvalue weighted by Gasteiger charge is -2.44. The van der Waals surface area contributed by atoms with Crippen LogP contribution in [0.1, 0.15) is 45.8 Å². The molecule has 0 unspecified atom stereocenters. The molecule has 2 heterocycles. The van der Waals surface area contributed by atoms with E-state index in [9.17, 15) is 32.3 Å². The number of fused-ring (bicyclic) bond motifs is 1. The van der Waals surface area contributed by atoms with E-state index in [4.69, 9.17) is 9.47 Å². The summed E-state index contributed by atoms with van der Waals surface area (Å²) in [7, 11) is 0. The Morgan fingerprint density at radius 2 is 1.73 bits per heavy atom. The molecule has 2 atom stereocenters. The van der Waals surface area contributed by atoms with Crippen LogP contribution in [0.4, 0.5) is 13.2 Å². The van der Waals surface area contributed by atoms with Crippen LogP contribution >= 0.6 is 0 Å². The first-order chi connectivity index (χ1) is 21.5. The van der Waals surface area contributed by atoms with Gasteiger partial charge in [-0.1, -0.05) is 42.5 Å². The maximum Gasteiger partial charge on any atom is 0.302 e. The first-order valence-electron chi connectivity index (χ1n) is 13.8. The van der Waals surface area contributed by atoms with Crippen LogP contribution in [0.15, 0.2) is 78.8 Å². The number of aromatic nitrogens is 1. The van der Waals surface area contributed by atoms with Gasteiger partial charge in [-0.3, -0.25) is 28.9 Å². The summed E-state index contributed by atoms with van der Waals surface area (Å²) in [6.45, 7) is 9.35. The van der Waals surface area contributed by atoms with E-state index in [1.54, 1.807) is 37.3 Å². The number of halogens is 3. The summed E-state index contributed by atoms with van der Waals surface area (Å²) in [5.74, 6) is -6.29. The number of nitrogens with zero attached hydrogens (tertiary/aromatic N) is 3. The fourth-order valence-electron chi connectivity index (χ4n) is 4.62. The Morgan fingerprint density at radius 1 is 1.07 bits per heavy atom. The van der Waals surface area contributed by atoms with E-state index in [-0.39, 0.29) is 25.6 Å². The molecule has 2 aromatic carbocycles. The van der Waals surface area contributed by atoms with Crippen molar-refractivity contribution in [3.05, 3.63) is 124 Å². The van der Waals surface area contributed by atoms with E-state index in [1.807, 2.05) is 0 Å². The highest BCUT2D eigenvalue weighted by Gasteiger charge is 2.38. The molecular weight excluding hydrogens is 593 g/mol. The van der Waals surface area contributed by atoms with Crippen molar-refractivity contribution in [2.75, 3.05) is 18.3 Å². The Kier molecular flexibility index (Phi) is 10.1. The molecule has 1 aliphatic heterocycles. The molecule has 0 saturated carbocycles. The third kappa shape index (κ3) is 7.08. The van der Waals surface area contributed by atoms with Crippen molar-refractivity contribution in [2.45, 2.75) is 39.1 Å². The lowest BCUT2D eigenvalue weighted by Crippen LogP contribution is -2.60. The zero-order valence-electron chi connectivity index (χ0n) is 24.6. The molecule has 10 nitrogen and oxygen atoms in total. The summed E-state index contributed by atoms with van der Waals surface area (Å²) < 4.78 is 54.3. The minimum absolute atomic E-state index is 0.106. The minimum atomic E-state index is -1.23. The molecule has 0 aliphatic carbocycles. The van der Waals surface area contributed by atoms with Crippen molar-refractivity contribution in [1.82, 2.24) is 14.9 Å². The van der Waals surface area contributed by atoms with Gasteiger partial charge in [-0.05, 0) is 12.5 Å². The standard InChI is InChI=1S/C32H31F3N4O6/c1-5-19(3)37-18-39(23(6-2)17-44-20(4)40)38-15-25(31(42)36-14-24-26(34)12-22(33)13-27(24)35)29(41)30(28(38)32(37)43)45-16-21-10-8-7-9-11-21/h5-13,15,19,23H,1-2,14,16-18H2,3-4H3,(H,36,42)/t19-,23+/m0/s1. The second-order valence-corrected chi connectivity index (χ2v) is 10.1. The van der Waals surface area contributed by atoms with Gasteiger partial charge in [-0.15, -0.1) is 13.2 Å². The monoisotopic (exact) mass is 624 g/mol. The molecule has 0 radical (unpaired) electrons. The molecule has 0 spiro atoms. The highest BCUT2D eigenvalue weighted by molar-refractivity contribution is 5.99. The number of benzene rings is 2. The van der Waals surface area contributed by atoms with Crippen molar-refractivity contribution in [1.29, 1.82) is 0 Å². The van der Waals surface area contributed by atoms with Gasteiger partial charge in [0.2, 0.25) is 5.43 Å². The van der Waals surface area contributed by atoms with E-state index in [1.165, 1.54) is 33.7 Å². The summed E-state index contributed by atoms with van der Waals surface area (Å²) in [6, 6.07) is 8.41. The van der Waals surface area contributed by atoms with Crippen LogP contribution < -0.4 is 20.5 Å². The van der Waals surface area contributed by atoms with E-state index in [0.29, 0.717) is 17.7 Å². The predicted molar refractivity (Wildman–Crippen MR) is 158 cm³/mol. The molecule has 4 rings (SSSR count). The topological polar surface area (TPSA) is 110 Å². The van der Waals surface area contributed by atoms with E-state index < -0.39 is 76.2 Å². The van der Waals surface area contributed by atoms with Gasteiger partial charge in [-0.2, -0.15) is 0 Å². The molecule has 236 valence electrons. The molecule has 0 fully saturated rings. The average Bonchev–Trinajstić information content (AvgIpc) is 3.00. The highest BCUT2D eigenvalue weighted by Crippen LogP contribution is 2.26. The SMILES string of the molecule is C=C[C@H](COC(C)=O)N1CN([C@@H](C)C=C)C(=O)c2c(OCc3ccccc3)c(=O)c(C(=O)NCc3c(F)cc(F)cc3F)cn21. The quantitative estimate of drug-likeness (QED) is 0.241. The fraction of sp³-hybridized carbons (Fsp3) is 0.250. The molecule has 0 saturated heterocycles. The molecule has 3 aromatic rings. The lowest BCUT2D eigenvalue weighted by molar-refractivity contribution is -0.141. The van der Waals surface area contributed by atoms with Crippen molar-refractivity contribution in [3.8, 4) is 5.75 Å². The zero-order chi connectivity index (χ0) is 32.8. The van der Waals surface area contributed by atoms with Gasteiger partial charge < -0.3 is 19.7 Å². The van der Waals surface area contributed by atoms with Crippen LogP contribution in [0.5, 0.6) is 5.75 Å². The average molecular weight is 625 g/mol. The molecule has 1 N–H and O–H groups in total. The second-order valence-electron chi connectivity index (χ2n) is 10.1. The Hall–Kier alpha value is -5.33. The molecule has 0 bridgehead atoms. The van der Waals surface area contributed by atoms with Gasteiger partial charge in [0, 0.05) is 43.4 Å². The maximum atomic E-state index is 14.3. The Morgan fingerprint density at radius 3 is 2.33 bits per heavy atom. The van der Waals surface area contributed by atoms with Crippen molar-refractivity contribution < 1.29 is 37.0 Å². The summed E-state index contributed by atoms with van der Waals surface area (Å²) >= 11 is 0. The number of hydrogen-bond acceptors (Lipinski definition) is 7. The Bertz CT molecular complexity index is 1670. The second kappa shape index (κ2) is 14.0. The van der Waals surface area contributed by atoms with Gasteiger partial charge in [0.1, 0.15) is 42.9 Å². The number of hydrogen-bond donors (Lipinski definition) is 1. The first-order valence-corrected chi connectivity index (χ1v) is 13.8. The summed E-state index contributed by atoms with van der Waals surface area (Å²) in [4.78, 5) is 54.2. The van der Waals surface area contributed by atoms with E-state index in [0.717, 1.165) is 6.20 Å². The molecule has 45 heavy (non-hydrogen) atoms. The summed E-state index contributed by atoms with van der Waals surface area (Å²) in [5.41, 5.74) is -1.68. The van der Waals surface area contributed by atoms with Crippen LogP contribution in [0.3, 0.4) is 0 Å². The summed E-state index contributed by atoms with van der Waals surface area (Å²) in [6.07, 6.45) is 4.08. The van der Waals surface area contributed by atoms with Crippen molar-refractivity contribution in [2.24, 2.45) is 0 Å². The molecule has 1 aliphatic rings. The van der Waals surface area contributed by atoms with Crippen LogP contribution in [0.2, 0.25) is 0 Å². The number of amides is 2. The predicted octanol–water partition coefficient (Wildman–Crippen LogP) is 3.82. The van der Waals surface area contributed by atoms with Crippen LogP contribution in [-0.2, 0) is 22.7 Å². The third-order valence-corrected chi connectivity index (χ3v) is 7.13. The number of ether oxygens (including phenoxy) is 2. The fourth-order valence-corrected chi connectivity index (χ4v) is 4.62. The summed E-state index contributed by atoms with van der Waals surface area (Å²) in [5, 5.41) is 3.82. The first kappa shape index (κ1) is 32.6. The van der Waals surface area contributed by atoms with Crippen molar-refractivity contribution in [3.63, 3.8) is 0 Å². The Labute approximate surface area is 256 Å². The minimum Gasteiger partial charge on any atom is -0.482 e. The molecule has 13 heteroatoms. The van der Waals surface area contributed by atoms with Crippen LogP contribution in [-0.4, -0.2) is 52.7 Å². The number of nitrogens with one attached hydrogen (secondary N) is 1. The normalized spacial score (nSPS) is 13.8. The highest BCUT2D eigenvalue weighted by atomic mass is 19.1. The molecular formula is C32H31F3N4O6. The van der Waals surface area contributed by atoms with Gasteiger partial charge in [0.15, 0.2) is 11.4 Å². The van der Waals surface area contributed by atoms with E-state index >= 15 is 0 Å². The van der Waals surface area contributed by atoms with Crippen molar-refractivity contribution >= 4 is 17.8 Å². The van der Waals surface area contributed by atoms with Crippen LogP contribution in [0, 0.1) is 17.5 Å².